The smallest absolute Gasteiger partial charge is 0.349 e. The van der Waals surface area contributed by atoms with Crippen LogP contribution in [0.2, 0.25) is 10.0 Å². The molecule has 0 radical (unpaired) electrons. The lowest BCUT2D eigenvalue weighted by molar-refractivity contribution is 0.0605. The summed E-state index contributed by atoms with van der Waals surface area (Å²) in [5.41, 5.74) is 8.56. The number of nitrogens with two attached hydrogens (primary N) is 1. The van der Waals surface area contributed by atoms with Gasteiger partial charge in [0, 0.05) is 64.3 Å². The lowest BCUT2D eigenvalue weighted by Crippen LogP contribution is -2.17. The summed E-state index contributed by atoms with van der Waals surface area (Å²) in [4.78, 5) is 34.5. The number of anilines is 6. The van der Waals surface area contributed by atoms with Gasteiger partial charge >= 0.3 is 5.97 Å². The normalized spacial score (nSPS) is 10.6. The third-order valence-corrected chi connectivity index (χ3v) is 9.20. The van der Waals surface area contributed by atoms with Crippen LogP contribution in [0.1, 0.15) is 33.8 Å². The van der Waals surface area contributed by atoms with Gasteiger partial charge in [-0.25, -0.2) is 28.5 Å². The fourth-order valence-corrected chi connectivity index (χ4v) is 6.04. The SMILES string of the molecule is COCCCNc1nc(Nc2ccc(F)c(Cl)c2)ncc1-c1nc(C)c(C(=O)OC)s1.COCCCNc1nc(Nc2ccc(F)c(Cl)c2)ncc1C(N)=S. The Hall–Kier alpha value is -4.85. The lowest BCUT2D eigenvalue weighted by Gasteiger charge is -2.12. The molecule has 292 valence electrons. The van der Waals surface area contributed by atoms with Gasteiger partial charge in [0.2, 0.25) is 11.9 Å². The van der Waals surface area contributed by atoms with Crippen molar-refractivity contribution >= 4 is 92.6 Å². The van der Waals surface area contributed by atoms with E-state index in [2.05, 4.69) is 46.2 Å². The first-order valence-electron chi connectivity index (χ1n) is 16.4. The standard InChI is InChI=1S/C20H21ClFN5O3S.C15H17ClFN5OS/c1-11-16(19(28)30-3)31-18(25-11)13-10-24-20(27-17(13)23-7-4-8-29-2)26-12-5-6-15(22)14(21)9-12;1-23-6-2-5-19-14-10(13(18)24)8-20-15(22-14)21-9-3-4-12(17)11(16)7-9/h5-6,9-10H,4,7-8H2,1-3H3,(H2,23,24,26,27);3-4,7-8H,2,5-6H2,1H3,(H2,18,24)(H2,19,20,21,22). The Morgan fingerprint density at radius 1 is 0.836 bits per heavy atom. The molecule has 6 N–H and O–H groups in total. The molecule has 5 aromatic rings. The fourth-order valence-electron chi connectivity index (χ4n) is 4.54. The van der Waals surface area contributed by atoms with Crippen molar-refractivity contribution in [2.24, 2.45) is 5.73 Å². The predicted molar refractivity (Wildman–Crippen MR) is 216 cm³/mol. The first-order chi connectivity index (χ1) is 26.4. The minimum absolute atomic E-state index is 0.00636. The number of benzene rings is 2. The van der Waals surface area contributed by atoms with E-state index in [0.717, 1.165) is 12.8 Å². The molecule has 0 aliphatic carbocycles. The fraction of sp³-hybridized carbons (Fsp3) is 0.286. The molecule has 0 aliphatic heterocycles. The number of hydrogen-bond acceptors (Lipinski definition) is 15. The Morgan fingerprint density at radius 2 is 1.36 bits per heavy atom. The van der Waals surface area contributed by atoms with E-state index in [-0.39, 0.29) is 15.0 Å². The van der Waals surface area contributed by atoms with Crippen LogP contribution in [0.4, 0.5) is 43.7 Å². The van der Waals surface area contributed by atoms with Crippen LogP contribution >= 0.6 is 46.8 Å². The van der Waals surface area contributed by atoms with Crippen LogP contribution in [0.5, 0.6) is 0 Å². The van der Waals surface area contributed by atoms with Gasteiger partial charge in [-0.1, -0.05) is 35.4 Å². The topological polar surface area (TPSA) is 183 Å². The van der Waals surface area contributed by atoms with Crippen molar-refractivity contribution in [1.29, 1.82) is 0 Å². The van der Waals surface area contributed by atoms with Gasteiger partial charge in [0.05, 0.1) is 34.0 Å². The van der Waals surface area contributed by atoms with Gasteiger partial charge < -0.3 is 41.2 Å². The van der Waals surface area contributed by atoms with Gasteiger partial charge in [0.25, 0.3) is 0 Å². The number of aryl methyl sites for hydroxylation is 1. The van der Waals surface area contributed by atoms with E-state index >= 15 is 0 Å². The second-order valence-corrected chi connectivity index (χ2v) is 13.5. The van der Waals surface area contributed by atoms with Crippen LogP contribution in [-0.2, 0) is 14.2 Å². The third-order valence-electron chi connectivity index (χ3n) is 7.23. The van der Waals surface area contributed by atoms with Crippen LogP contribution in [0, 0.1) is 18.6 Å². The molecule has 55 heavy (non-hydrogen) atoms. The molecular formula is C35H38Cl2F2N10O4S2. The van der Waals surface area contributed by atoms with Gasteiger partial charge in [-0.15, -0.1) is 11.3 Å². The molecule has 14 nitrogen and oxygen atoms in total. The highest BCUT2D eigenvalue weighted by Gasteiger charge is 2.20. The summed E-state index contributed by atoms with van der Waals surface area (Å²) in [7, 11) is 4.61. The zero-order chi connectivity index (χ0) is 39.9. The number of esters is 1. The Morgan fingerprint density at radius 3 is 1.87 bits per heavy atom. The minimum Gasteiger partial charge on any atom is -0.465 e. The summed E-state index contributed by atoms with van der Waals surface area (Å²) in [6.07, 6.45) is 4.70. The van der Waals surface area contributed by atoms with Crippen LogP contribution in [0.15, 0.2) is 48.8 Å². The Bertz CT molecular complexity index is 2100. The van der Waals surface area contributed by atoms with Crippen molar-refractivity contribution in [3.63, 3.8) is 0 Å². The van der Waals surface area contributed by atoms with E-state index in [1.165, 1.54) is 61.0 Å². The molecule has 5 rings (SSSR count). The summed E-state index contributed by atoms with van der Waals surface area (Å²) in [5.74, 6) is 0.214. The number of nitrogens with zero attached hydrogens (tertiary/aromatic N) is 5. The highest BCUT2D eigenvalue weighted by molar-refractivity contribution is 7.80. The van der Waals surface area contributed by atoms with Gasteiger partial charge in [-0.05, 0) is 56.2 Å². The van der Waals surface area contributed by atoms with Crippen molar-refractivity contribution in [2.45, 2.75) is 19.8 Å². The van der Waals surface area contributed by atoms with Crippen LogP contribution < -0.4 is 27.0 Å². The van der Waals surface area contributed by atoms with E-state index < -0.39 is 17.6 Å². The molecule has 3 heterocycles. The summed E-state index contributed by atoms with van der Waals surface area (Å²) in [6.45, 7) is 4.21. The summed E-state index contributed by atoms with van der Waals surface area (Å²) >= 11 is 17.8. The molecule has 0 aliphatic rings. The first kappa shape index (κ1) is 42.9. The van der Waals surface area contributed by atoms with Gasteiger partial charge in [-0.2, -0.15) is 9.97 Å². The molecule has 0 fully saturated rings. The van der Waals surface area contributed by atoms with Crippen molar-refractivity contribution in [1.82, 2.24) is 24.9 Å². The number of carbonyl (C=O) groups is 1. The second kappa shape index (κ2) is 21.3. The Labute approximate surface area is 335 Å². The minimum atomic E-state index is -0.510. The molecule has 0 unspecified atom stereocenters. The lowest BCUT2D eigenvalue weighted by atomic mass is 10.3. The van der Waals surface area contributed by atoms with Gasteiger partial charge in [-0.3, -0.25) is 0 Å². The number of rotatable bonds is 17. The van der Waals surface area contributed by atoms with Crippen LogP contribution in [0.25, 0.3) is 10.6 Å². The van der Waals surface area contributed by atoms with Crippen molar-refractivity contribution < 1.29 is 27.8 Å². The second-order valence-electron chi connectivity index (χ2n) is 11.3. The Balaban J connectivity index is 0.000000253. The molecule has 20 heteroatoms. The maximum absolute atomic E-state index is 13.4. The van der Waals surface area contributed by atoms with E-state index in [9.17, 15) is 13.6 Å². The quantitative estimate of drug-likeness (QED) is 0.0348. The number of thiocarbonyl (C=S) groups is 1. The van der Waals surface area contributed by atoms with Crippen molar-refractivity contribution in [2.75, 3.05) is 68.9 Å². The number of aromatic nitrogens is 5. The third kappa shape index (κ3) is 12.6. The maximum Gasteiger partial charge on any atom is 0.349 e. The summed E-state index contributed by atoms with van der Waals surface area (Å²) in [5, 5.41) is 13.0. The molecule has 0 saturated carbocycles. The largest absolute Gasteiger partial charge is 0.465 e. The predicted octanol–water partition coefficient (Wildman–Crippen LogP) is 7.77. The number of nitrogens with one attached hydrogen (secondary N) is 4. The van der Waals surface area contributed by atoms with E-state index in [4.69, 9.17) is 55.4 Å². The number of ether oxygens (including phenoxy) is 3. The number of carbonyl (C=O) groups excluding carboxylic acids is 1. The average Bonchev–Trinajstić information content (AvgIpc) is 3.56. The number of halogens is 4. The van der Waals surface area contributed by atoms with Crippen LogP contribution in [0.3, 0.4) is 0 Å². The zero-order valence-corrected chi connectivity index (χ0v) is 33.3. The number of thiazole rings is 1. The van der Waals surface area contributed by atoms with Gasteiger partial charge in [0.1, 0.15) is 38.1 Å². The molecule has 0 saturated heterocycles. The summed E-state index contributed by atoms with van der Waals surface area (Å²) in [6, 6.07) is 8.50. The first-order valence-corrected chi connectivity index (χ1v) is 18.4. The highest BCUT2D eigenvalue weighted by Crippen LogP contribution is 2.33. The summed E-state index contributed by atoms with van der Waals surface area (Å²) < 4.78 is 41.5. The van der Waals surface area contributed by atoms with Crippen LogP contribution in [-0.4, -0.2) is 83.5 Å². The molecular weight excluding hydrogens is 797 g/mol. The molecule has 0 bridgehead atoms. The van der Waals surface area contributed by atoms with Gasteiger partial charge in [0.15, 0.2) is 0 Å². The molecule has 0 atom stereocenters. The monoisotopic (exact) mass is 834 g/mol. The van der Waals surface area contributed by atoms with Crippen molar-refractivity contribution in [3.05, 3.63) is 86.6 Å². The van der Waals surface area contributed by atoms with E-state index in [0.29, 0.717) is 87.9 Å². The number of methoxy groups -OCH3 is 3. The average molecular weight is 836 g/mol. The molecule has 3 aromatic heterocycles. The maximum atomic E-state index is 13.4. The highest BCUT2D eigenvalue weighted by atomic mass is 35.5. The molecule has 0 spiro atoms. The zero-order valence-electron chi connectivity index (χ0n) is 30.1. The number of hydrogen-bond donors (Lipinski definition) is 5. The molecule has 2 aromatic carbocycles. The van der Waals surface area contributed by atoms with E-state index in [1.807, 2.05) is 0 Å². The van der Waals surface area contributed by atoms with Crippen molar-refractivity contribution in [3.8, 4) is 10.6 Å². The Kier molecular flexibility index (Phi) is 16.6. The molecule has 0 amide bonds. The van der Waals surface area contributed by atoms with E-state index in [1.54, 1.807) is 27.3 Å².